The normalized spacial score (nSPS) is 36.0. The lowest BCUT2D eigenvalue weighted by Crippen LogP contribution is -2.63. The summed E-state index contributed by atoms with van der Waals surface area (Å²) in [4.78, 5) is 0. The van der Waals surface area contributed by atoms with Gasteiger partial charge in [0.15, 0.2) is 12.6 Å². The summed E-state index contributed by atoms with van der Waals surface area (Å²) in [5, 5.41) is 50.9. The molecule has 0 aromatic rings. The maximum absolute atomic E-state index is 10.4. The van der Waals surface area contributed by atoms with Gasteiger partial charge in [-0.1, -0.05) is 84.0 Å². The van der Waals surface area contributed by atoms with Crippen LogP contribution in [0, 0.1) is 0 Å². The SMILES string of the molecule is CCCCCCCCCCCCCCCOC1O[C@H](COC2O[C@H](CN)[C@H](O)[C@H](O)[C@H]2O)[C@H](O)[C@H](O)[C@H]1N. The smallest absolute Gasteiger partial charge is 0.186 e. The van der Waals surface area contributed by atoms with Gasteiger partial charge in [0.25, 0.3) is 0 Å². The molecule has 9 N–H and O–H groups in total. The molecule has 11 heteroatoms. The highest BCUT2D eigenvalue weighted by molar-refractivity contribution is 4.93. The highest BCUT2D eigenvalue weighted by Gasteiger charge is 2.46. The van der Waals surface area contributed by atoms with Gasteiger partial charge in [-0.25, -0.2) is 0 Å². The van der Waals surface area contributed by atoms with E-state index in [4.69, 9.17) is 30.4 Å². The molecule has 2 aliphatic heterocycles. The fourth-order valence-corrected chi connectivity index (χ4v) is 5.00. The number of hydrogen-bond donors (Lipinski definition) is 7. The molecular formula is C27H54N2O9. The lowest BCUT2D eigenvalue weighted by molar-refractivity contribution is -0.316. The molecule has 0 aromatic heterocycles. The third-order valence-electron chi connectivity index (χ3n) is 7.60. The van der Waals surface area contributed by atoms with Crippen LogP contribution in [-0.4, -0.2) is 107 Å². The zero-order chi connectivity index (χ0) is 27.9. The Hall–Kier alpha value is -0.440. The average Bonchev–Trinajstić information content (AvgIpc) is 2.92. The van der Waals surface area contributed by atoms with Crippen molar-refractivity contribution in [2.24, 2.45) is 11.5 Å². The monoisotopic (exact) mass is 550 g/mol. The van der Waals surface area contributed by atoms with E-state index in [0.29, 0.717) is 6.61 Å². The maximum atomic E-state index is 10.4. The van der Waals surface area contributed by atoms with E-state index in [1.165, 1.54) is 64.2 Å². The zero-order valence-corrected chi connectivity index (χ0v) is 23.1. The highest BCUT2D eigenvalue weighted by atomic mass is 16.7. The largest absolute Gasteiger partial charge is 0.388 e. The summed E-state index contributed by atoms with van der Waals surface area (Å²) in [5.74, 6) is 0. The summed E-state index contributed by atoms with van der Waals surface area (Å²) in [7, 11) is 0. The van der Waals surface area contributed by atoms with E-state index in [1.54, 1.807) is 0 Å². The molecule has 2 fully saturated rings. The summed E-state index contributed by atoms with van der Waals surface area (Å²) in [5.41, 5.74) is 11.6. The van der Waals surface area contributed by atoms with Crippen molar-refractivity contribution >= 4 is 0 Å². The molecule has 0 saturated carbocycles. The van der Waals surface area contributed by atoms with Crippen molar-refractivity contribution in [2.75, 3.05) is 19.8 Å². The standard InChI is InChI=1S/C27H54N2O9/c1-2-3-4-5-6-7-8-9-10-11-12-13-14-15-35-26-20(29)23(32)22(31)19(38-26)17-36-27-25(34)24(33)21(30)18(16-28)37-27/h18-27,30-34H,2-17,28-29H2,1H3/t18-,19-,20-,21+,22+,23-,24+,25-,26?,27?/m1/s1. The number of unbranched alkanes of at least 4 members (excludes halogenated alkanes) is 12. The number of nitrogens with two attached hydrogens (primary N) is 2. The van der Waals surface area contributed by atoms with E-state index in [1.807, 2.05) is 0 Å². The van der Waals surface area contributed by atoms with Gasteiger partial charge in [-0.05, 0) is 6.42 Å². The van der Waals surface area contributed by atoms with Crippen LogP contribution in [0.5, 0.6) is 0 Å². The topological polar surface area (TPSA) is 190 Å². The Morgan fingerprint density at radius 2 is 1.08 bits per heavy atom. The summed E-state index contributed by atoms with van der Waals surface area (Å²) >= 11 is 0. The molecular weight excluding hydrogens is 496 g/mol. The van der Waals surface area contributed by atoms with E-state index in [2.05, 4.69) is 6.92 Å². The van der Waals surface area contributed by atoms with Crippen LogP contribution >= 0.6 is 0 Å². The first kappa shape index (κ1) is 33.8. The van der Waals surface area contributed by atoms with Crippen LogP contribution in [0.4, 0.5) is 0 Å². The first-order chi connectivity index (χ1) is 18.3. The van der Waals surface area contributed by atoms with Gasteiger partial charge in [-0.3, -0.25) is 0 Å². The fourth-order valence-electron chi connectivity index (χ4n) is 5.00. The van der Waals surface area contributed by atoms with Gasteiger partial charge < -0.3 is 55.9 Å². The van der Waals surface area contributed by atoms with Crippen LogP contribution < -0.4 is 11.5 Å². The van der Waals surface area contributed by atoms with Crippen molar-refractivity contribution in [2.45, 2.75) is 152 Å². The van der Waals surface area contributed by atoms with Gasteiger partial charge in [0, 0.05) is 13.2 Å². The van der Waals surface area contributed by atoms with Crippen molar-refractivity contribution in [3.8, 4) is 0 Å². The van der Waals surface area contributed by atoms with Crippen molar-refractivity contribution in [1.82, 2.24) is 0 Å². The average molecular weight is 551 g/mol. The summed E-state index contributed by atoms with van der Waals surface area (Å²) in [6.07, 6.45) is 5.04. The van der Waals surface area contributed by atoms with Gasteiger partial charge in [0.2, 0.25) is 0 Å². The summed E-state index contributed by atoms with van der Waals surface area (Å²) in [6, 6.07) is -0.932. The first-order valence-corrected chi connectivity index (χ1v) is 14.7. The fraction of sp³-hybridized carbons (Fsp3) is 1.00. The summed E-state index contributed by atoms with van der Waals surface area (Å²) in [6.45, 7) is 2.30. The van der Waals surface area contributed by atoms with Crippen LogP contribution in [0.25, 0.3) is 0 Å². The maximum Gasteiger partial charge on any atom is 0.186 e. The van der Waals surface area contributed by atoms with E-state index >= 15 is 0 Å². The van der Waals surface area contributed by atoms with Gasteiger partial charge in [-0.2, -0.15) is 0 Å². The summed E-state index contributed by atoms with van der Waals surface area (Å²) < 4.78 is 22.5. The molecule has 0 aliphatic carbocycles. The first-order valence-electron chi connectivity index (χ1n) is 14.7. The molecule has 38 heavy (non-hydrogen) atoms. The van der Waals surface area contributed by atoms with Crippen LogP contribution in [0.2, 0.25) is 0 Å². The zero-order valence-electron chi connectivity index (χ0n) is 23.1. The van der Waals surface area contributed by atoms with E-state index < -0.39 is 61.3 Å². The molecule has 226 valence electrons. The molecule has 0 bridgehead atoms. The van der Waals surface area contributed by atoms with Crippen molar-refractivity contribution in [3.05, 3.63) is 0 Å². The Labute approximate surface area is 227 Å². The third-order valence-corrected chi connectivity index (χ3v) is 7.60. The predicted octanol–water partition coefficient (Wildman–Crippen LogP) is 0.651. The van der Waals surface area contributed by atoms with Crippen LogP contribution in [0.1, 0.15) is 90.4 Å². The van der Waals surface area contributed by atoms with Gasteiger partial charge in [-0.15, -0.1) is 0 Å². The molecule has 2 rings (SSSR count). The second-order valence-electron chi connectivity index (χ2n) is 10.8. The van der Waals surface area contributed by atoms with Crippen LogP contribution in [0.3, 0.4) is 0 Å². The second-order valence-corrected chi connectivity index (χ2v) is 10.8. The number of aliphatic hydroxyl groups is 5. The van der Waals surface area contributed by atoms with Gasteiger partial charge in [0.05, 0.1) is 12.6 Å². The molecule has 2 unspecified atom stereocenters. The Bertz CT molecular complexity index is 603. The number of aliphatic hydroxyl groups excluding tert-OH is 5. The van der Waals surface area contributed by atoms with Crippen molar-refractivity contribution < 1.29 is 44.5 Å². The Morgan fingerprint density at radius 1 is 0.579 bits per heavy atom. The molecule has 0 radical (unpaired) electrons. The molecule has 10 atom stereocenters. The minimum atomic E-state index is -1.52. The lowest BCUT2D eigenvalue weighted by atomic mass is 9.97. The van der Waals surface area contributed by atoms with Gasteiger partial charge >= 0.3 is 0 Å². The molecule has 2 saturated heterocycles. The third kappa shape index (κ3) is 10.9. The second kappa shape index (κ2) is 18.8. The van der Waals surface area contributed by atoms with Gasteiger partial charge in [0.1, 0.15) is 42.7 Å². The number of ether oxygens (including phenoxy) is 4. The quantitative estimate of drug-likeness (QED) is 0.112. The Morgan fingerprint density at radius 3 is 1.63 bits per heavy atom. The van der Waals surface area contributed by atoms with E-state index in [-0.39, 0.29) is 13.2 Å². The molecule has 0 aromatic carbocycles. The highest BCUT2D eigenvalue weighted by Crippen LogP contribution is 2.25. The molecule has 0 amide bonds. The lowest BCUT2D eigenvalue weighted by Gasteiger charge is -2.43. The van der Waals surface area contributed by atoms with Crippen LogP contribution in [0.15, 0.2) is 0 Å². The van der Waals surface area contributed by atoms with Crippen molar-refractivity contribution in [1.29, 1.82) is 0 Å². The number of hydrogen-bond acceptors (Lipinski definition) is 11. The minimum Gasteiger partial charge on any atom is -0.388 e. The minimum absolute atomic E-state index is 0.0873. The molecule has 0 spiro atoms. The molecule has 2 aliphatic rings. The molecule has 11 nitrogen and oxygen atoms in total. The Kier molecular flexibility index (Phi) is 16.7. The van der Waals surface area contributed by atoms with E-state index in [0.717, 1.165) is 19.3 Å². The van der Waals surface area contributed by atoms with E-state index in [9.17, 15) is 25.5 Å². The molecule has 2 heterocycles. The van der Waals surface area contributed by atoms with Crippen LogP contribution in [-0.2, 0) is 18.9 Å². The van der Waals surface area contributed by atoms with Crippen molar-refractivity contribution in [3.63, 3.8) is 0 Å². The number of rotatable bonds is 19. The Balaban J connectivity index is 1.61. The predicted molar refractivity (Wildman–Crippen MR) is 142 cm³/mol.